The molecule has 0 aliphatic carbocycles. The molecule has 168 valence electrons. The second kappa shape index (κ2) is 9.33. The predicted octanol–water partition coefficient (Wildman–Crippen LogP) is 7.30. The standard InChI is InChI=1S/C28H26FNO3/c1-5-32-26-15-27-23(24(16-33-27)20-9-11-21(29)12-10-20)14-22(26)18(3)13-28(31)30-25-8-6-7-17(2)19(25)4/h6-16H,5H2,1-4H3,(H,30,31)/b18-13+. The molecule has 33 heavy (non-hydrogen) atoms. The highest BCUT2D eigenvalue weighted by atomic mass is 19.1. The van der Waals surface area contributed by atoms with Crippen molar-refractivity contribution in [3.63, 3.8) is 0 Å². The third-order valence-electron chi connectivity index (χ3n) is 5.77. The number of anilines is 1. The van der Waals surface area contributed by atoms with Crippen LogP contribution >= 0.6 is 0 Å². The molecule has 4 nitrogen and oxygen atoms in total. The van der Waals surface area contributed by atoms with Crippen molar-refractivity contribution < 1.29 is 18.3 Å². The quantitative estimate of drug-likeness (QED) is 0.318. The van der Waals surface area contributed by atoms with E-state index in [2.05, 4.69) is 5.32 Å². The summed E-state index contributed by atoms with van der Waals surface area (Å²) in [6, 6.07) is 15.9. The van der Waals surface area contributed by atoms with Crippen molar-refractivity contribution in [1.29, 1.82) is 0 Å². The van der Waals surface area contributed by atoms with Gasteiger partial charge in [-0.25, -0.2) is 4.39 Å². The molecule has 0 saturated heterocycles. The molecule has 0 spiro atoms. The lowest BCUT2D eigenvalue weighted by atomic mass is 9.99. The van der Waals surface area contributed by atoms with Crippen LogP contribution in [0.4, 0.5) is 10.1 Å². The molecule has 1 aromatic heterocycles. The third-order valence-corrected chi connectivity index (χ3v) is 5.77. The number of allylic oxidation sites excluding steroid dienone is 1. The van der Waals surface area contributed by atoms with Crippen molar-refractivity contribution >= 4 is 28.1 Å². The lowest BCUT2D eigenvalue weighted by Gasteiger charge is -2.12. The Morgan fingerprint density at radius 2 is 1.88 bits per heavy atom. The maximum atomic E-state index is 13.4. The molecule has 0 radical (unpaired) electrons. The van der Waals surface area contributed by atoms with Gasteiger partial charge in [0.2, 0.25) is 5.91 Å². The average molecular weight is 444 g/mol. The number of amides is 1. The number of carbonyl (C=O) groups excluding carboxylic acids is 1. The molecule has 1 amide bonds. The van der Waals surface area contributed by atoms with Gasteiger partial charge in [0.15, 0.2) is 0 Å². The first-order valence-corrected chi connectivity index (χ1v) is 10.9. The van der Waals surface area contributed by atoms with Crippen LogP contribution in [-0.2, 0) is 4.79 Å². The van der Waals surface area contributed by atoms with Crippen LogP contribution in [0, 0.1) is 19.7 Å². The lowest BCUT2D eigenvalue weighted by molar-refractivity contribution is -0.111. The van der Waals surface area contributed by atoms with E-state index in [4.69, 9.17) is 9.15 Å². The van der Waals surface area contributed by atoms with E-state index in [0.717, 1.165) is 44.5 Å². The van der Waals surface area contributed by atoms with Crippen LogP contribution in [0.3, 0.4) is 0 Å². The van der Waals surface area contributed by atoms with Crippen LogP contribution < -0.4 is 10.1 Å². The molecule has 4 aromatic rings. The molecule has 0 unspecified atom stereocenters. The number of hydrogen-bond acceptors (Lipinski definition) is 3. The number of carbonyl (C=O) groups is 1. The van der Waals surface area contributed by atoms with E-state index in [1.807, 2.05) is 58.0 Å². The highest BCUT2D eigenvalue weighted by Crippen LogP contribution is 2.37. The maximum absolute atomic E-state index is 13.4. The van der Waals surface area contributed by atoms with E-state index in [0.29, 0.717) is 17.9 Å². The molecule has 3 aromatic carbocycles. The van der Waals surface area contributed by atoms with Gasteiger partial charge in [-0.2, -0.15) is 0 Å². The van der Waals surface area contributed by atoms with Crippen molar-refractivity contribution in [3.8, 4) is 16.9 Å². The second-order valence-corrected chi connectivity index (χ2v) is 8.00. The lowest BCUT2D eigenvalue weighted by Crippen LogP contribution is -2.10. The summed E-state index contributed by atoms with van der Waals surface area (Å²) < 4.78 is 25.0. The van der Waals surface area contributed by atoms with Gasteiger partial charge in [-0.3, -0.25) is 4.79 Å². The monoisotopic (exact) mass is 443 g/mol. The first kappa shape index (κ1) is 22.3. The molecule has 4 rings (SSSR count). The number of fused-ring (bicyclic) bond motifs is 1. The van der Waals surface area contributed by atoms with E-state index < -0.39 is 0 Å². The van der Waals surface area contributed by atoms with Gasteiger partial charge < -0.3 is 14.5 Å². The van der Waals surface area contributed by atoms with Gasteiger partial charge in [-0.15, -0.1) is 0 Å². The summed E-state index contributed by atoms with van der Waals surface area (Å²) in [5, 5.41) is 3.83. The third kappa shape index (κ3) is 4.67. The summed E-state index contributed by atoms with van der Waals surface area (Å²) in [7, 11) is 0. The van der Waals surface area contributed by atoms with Gasteiger partial charge >= 0.3 is 0 Å². The number of furan rings is 1. The molecule has 5 heteroatoms. The summed E-state index contributed by atoms with van der Waals surface area (Å²) in [4.78, 5) is 12.8. The van der Waals surface area contributed by atoms with Crippen LogP contribution in [0.15, 0.2) is 71.4 Å². The number of rotatable bonds is 6. The van der Waals surface area contributed by atoms with E-state index >= 15 is 0 Å². The van der Waals surface area contributed by atoms with E-state index in [1.165, 1.54) is 12.1 Å². The molecular weight excluding hydrogens is 417 g/mol. The maximum Gasteiger partial charge on any atom is 0.248 e. The summed E-state index contributed by atoms with van der Waals surface area (Å²) in [5.41, 5.74) is 6.86. The van der Waals surface area contributed by atoms with Crippen molar-refractivity contribution in [2.75, 3.05) is 11.9 Å². The van der Waals surface area contributed by atoms with Crippen molar-refractivity contribution in [1.82, 2.24) is 0 Å². The largest absolute Gasteiger partial charge is 0.493 e. The Labute approximate surface area is 192 Å². The van der Waals surface area contributed by atoms with Crippen molar-refractivity contribution in [2.45, 2.75) is 27.7 Å². The zero-order valence-electron chi connectivity index (χ0n) is 19.2. The Hall–Kier alpha value is -3.86. The van der Waals surface area contributed by atoms with Gasteiger partial charge in [0.25, 0.3) is 0 Å². The zero-order valence-corrected chi connectivity index (χ0v) is 19.2. The van der Waals surface area contributed by atoms with Gasteiger partial charge in [0.05, 0.1) is 12.9 Å². The van der Waals surface area contributed by atoms with E-state index in [1.54, 1.807) is 24.5 Å². The molecule has 0 aliphatic rings. The number of hydrogen-bond donors (Lipinski definition) is 1. The summed E-state index contributed by atoms with van der Waals surface area (Å²) in [6.07, 6.45) is 3.23. The normalized spacial score (nSPS) is 11.6. The summed E-state index contributed by atoms with van der Waals surface area (Å²) >= 11 is 0. The first-order chi connectivity index (χ1) is 15.9. The molecule has 0 fully saturated rings. The van der Waals surface area contributed by atoms with Crippen LogP contribution in [-0.4, -0.2) is 12.5 Å². The fraction of sp³-hybridized carbons (Fsp3) is 0.179. The topological polar surface area (TPSA) is 51.5 Å². The van der Waals surface area contributed by atoms with Gasteiger partial charge in [0.1, 0.15) is 17.1 Å². The minimum Gasteiger partial charge on any atom is -0.493 e. The van der Waals surface area contributed by atoms with Crippen LogP contribution in [0.5, 0.6) is 5.75 Å². The van der Waals surface area contributed by atoms with E-state index in [-0.39, 0.29) is 11.7 Å². The SMILES string of the molecule is CCOc1cc2occ(-c3ccc(F)cc3)c2cc1/C(C)=C/C(=O)Nc1cccc(C)c1C. The Bertz CT molecular complexity index is 1350. The highest BCUT2D eigenvalue weighted by molar-refractivity contribution is 6.05. The number of benzene rings is 3. The zero-order chi connectivity index (χ0) is 23.5. The fourth-order valence-electron chi connectivity index (χ4n) is 3.82. The molecular formula is C28H26FNO3. The Morgan fingerprint density at radius 3 is 2.61 bits per heavy atom. The van der Waals surface area contributed by atoms with Gasteiger partial charge in [-0.1, -0.05) is 24.3 Å². The second-order valence-electron chi connectivity index (χ2n) is 8.00. The Kier molecular flexibility index (Phi) is 6.31. The minimum atomic E-state index is -0.292. The average Bonchev–Trinajstić information content (AvgIpc) is 3.20. The van der Waals surface area contributed by atoms with E-state index in [9.17, 15) is 9.18 Å². The number of aryl methyl sites for hydroxylation is 1. The first-order valence-electron chi connectivity index (χ1n) is 10.9. The smallest absolute Gasteiger partial charge is 0.248 e. The summed E-state index contributed by atoms with van der Waals surface area (Å²) in [6.45, 7) is 8.26. The Balaban J connectivity index is 1.73. The van der Waals surface area contributed by atoms with Gasteiger partial charge in [-0.05, 0) is 74.2 Å². The number of nitrogens with one attached hydrogen (secondary N) is 1. The fourth-order valence-corrected chi connectivity index (χ4v) is 3.82. The van der Waals surface area contributed by atoms with Crippen LogP contribution in [0.1, 0.15) is 30.5 Å². The summed E-state index contributed by atoms with van der Waals surface area (Å²) in [5.74, 6) is 0.132. The highest BCUT2D eigenvalue weighted by Gasteiger charge is 2.15. The van der Waals surface area contributed by atoms with Crippen molar-refractivity contribution in [3.05, 3.63) is 89.4 Å². The molecule has 1 heterocycles. The van der Waals surface area contributed by atoms with Gasteiger partial charge in [0, 0.05) is 34.3 Å². The molecule has 0 atom stereocenters. The van der Waals surface area contributed by atoms with Crippen molar-refractivity contribution in [2.24, 2.45) is 0 Å². The number of ether oxygens (including phenoxy) is 1. The predicted molar refractivity (Wildman–Crippen MR) is 131 cm³/mol. The Morgan fingerprint density at radius 1 is 1.12 bits per heavy atom. The van der Waals surface area contributed by atoms with Crippen LogP contribution in [0.25, 0.3) is 27.7 Å². The molecule has 0 bridgehead atoms. The molecule has 0 aliphatic heterocycles. The minimum absolute atomic E-state index is 0.213. The van der Waals surface area contributed by atoms with Crippen LogP contribution in [0.2, 0.25) is 0 Å². The molecule has 0 saturated carbocycles. The molecule has 1 N–H and O–H groups in total. The number of halogens is 1.